The lowest BCUT2D eigenvalue weighted by atomic mass is 10.2. The molecular formula is C16H20N4OS. The van der Waals surface area contributed by atoms with Crippen LogP contribution in [0.4, 0.5) is 5.82 Å². The average Bonchev–Trinajstić information content (AvgIpc) is 2.92. The van der Waals surface area contributed by atoms with Gasteiger partial charge in [-0.2, -0.15) is 0 Å². The Labute approximate surface area is 134 Å². The van der Waals surface area contributed by atoms with Gasteiger partial charge < -0.3 is 9.80 Å². The molecule has 2 aromatic rings. The highest BCUT2D eigenvalue weighted by molar-refractivity contribution is 7.13. The van der Waals surface area contributed by atoms with Crippen molar-refractivity contribution < 1.29 is 4.79 Å². The van der Waals surface area contributed by atoms with Crippen molar-refractivity contribution in [1.82, 2.24) is 14.9 Å². The van der Waals surface area contributed by atoms with E-state index in [0.29, 0.717) is 0 Å². The fourth-order valence-corrected chi connectivity index (χ4v) is 3.54. The molecule has 22 heavy (non-hydrogen) atoms. The van der Waals surface area contributed by atoms with Crippen LogP contribution >= 0.6 is 11.3 Å². The van der Waals surface area contributed by atoms with Crippen molar-refractivity contribution in [2.24, 2.45) is 0 Å². The smallest absolute Gasteiger partial charge is 0.264 e. The SMILES string of the molecule is Cc1cc(N2CCN(C(=O)c3ccc(C)s3)CC2)nc(C)n1. The minimum atomic E-state index is 0.146. The van der Waals surface area contributed by atoms with Crippen molar-refractivity contribution in [3.05, 3.63) is 39.5 Å². The van der Waals surface area contributed by atoms with Gasteiger partial charge in [0.2, 0.25) is 0 Å². The van der Waals surface area contributed by atoms with Crippen LogP contribution in [0.25, 0.3) is 0 Å². The van der Waals surface area contributed by atoms with E-state index in [1.807, 2.05) is 43.9 Å². The summed E-state index contributed by atoms with van der Waals surface area (Å²) < 4.78 is 0. The van der Waals surface area contributed by atoms with E-state index >= 15 is 0 Å². The maximum Gasteiger partial charge on any atom is 0.264 e. The molecule has 1 amide bonds. The summed E-state index contributed by atoms with van der Waals surface area (Å²) in [4.78, 5) is 27.4. The molecule has 116 valence electrons. The summed E-state index contributed by atoms with van der Waals surface area (Å²) in [6, 6.07) is 5.93. The zero-order chi connectivity index (χ0) is 15.7. The van der Waals surface area contributed by atoms with Crippen LogP contribution in [0, 0.1) is 20.8 Å². The zero-order valence-corrected chi connectivity index (χ0v) is 14.0. The molecule has 0 bridgehead atoms. The van der Waals surface area contributed by atoms with Gasteiger partial charge in [0.15, 0.2) is 0 Å². The number of hydrogen-bond donors (Lipinski definition) is 0. The summed E-state index contributed by atoms with van der Waals surface area (Å²) in [5, 5.41) is 0. The molecule has 0 N–H and O–H groups in total. The summed E-state index contributed by atoms with van der Waals surface area (Å²) in [5.74, 6) is 1.90. The summed E-state index contributed by atoms with van der Waals surface area (Å²) in [6.07, 6.45) is 0. The molecule has 6 heteroatoms. The number of aryl methyl sites for hydroxylation is 3. The predicted octanol–water partition coefficient (Wildman–Crippen LogP) is 2.43. The topological polar surface area (TPSA) is 49.3 Å². The second-order valence-corrected chi connectivity index (χ2v) is 6.89. The standard InChI is InChI=1S/C16H20N4OS/c1-11-10-15(18-13(3)17-11)19-6-8-20(9-7-19)16(21)14-5-4-12(2)22-14/h4-5,10H,6-9H2,1-3H3. The normalized spacial score (nSPS) is 15.2. The van der Waals surface area contributed by atoms with Gasteiger partial charge in [-0.1, -0.05) is 0 Å². The monoisotopic (exact) mass is 316 g/mol. The number of anilines is 1. The molecule has 1 fully saturated rings. The van der Waals surface area contributed by atoms with Crippen molar-refractivity contribution in [2.75, 3.05) is 31.1 Å². The van der Waals surface area contributed by atoms with Crippen LogP contribution in [0.15, 0.2) is 18.2 Å². The third-order valence-electron chi connectivity index (χ3n) is 3.79. The third kappa shape index (κ3) is 3.11. The van der Waals surface area contributed by atoms with Gasteiger partial charge in [0, 0.05) is 42.8 Å². The molecule has 1 saturated heterocycles. The molecule has 0 spiro atoms. The van der Waals surface area contributed by atoms with Crippen molar-refractivity contribution in [1.29, 1.82) is 0 Å². The minimum absolute atomic E-state index is 0.146. The number of carbonyl (C=O) groups excluding carboxylic acids is 1. The first-order valence-electron chi connectivity index (χ1n) is 7.46. The van der Waals surface area contributed by atoms with Crippen LogP contribution in [0.1, 0.15) is 26.1 Å². The van der Waals surface area contributed by atoms with Crippen LogP contribution in [-0.2, 0) is 0 Å². The zero-order valence-electron chi connectivity index (χ0n) is 13.2. The Morgan fingerprint density at radius 1 is 1.09 bits per heavy atom. The third-order valence-corrected chi connectivity index (χ3v) is 4.78. The molecule has 1 aliphatic rings. The Balaban J connectivity index is 1.66. The highest BCUT2D eigenvalue weighted by Crippen LogP contribution is 2.20. The van der Waals surface area contributed by atoms with Gasteiger partial charge in [-0.05, 0) is 32.9 Å². The largest absolute Gasteiger partial charge is 0.353 e. The molecule has 0 aromatic carbocycles. The van der Waals surface area contributed by atoms with Crippen LogP contribution in [-0.4, -0.2) is 47.0 Å². The number of piperazine rings is 1. The van der Waals surface area contributed by atoms with Crippen molar-refractivity contribution in [3.8, 4) is 0 Å². The van der Waals surface area contributed by atoms with Gasteiger partial charge in [0.1, 0.15) is 11.6 Å². The van der Waals surface area contributed by atoms with Crippen molar-refractivity contribution in [3.63, 3.8) is 0 Å². The van der Waals surface area contributed by atoms with E-state index in [1.54, 1.807) is 11.3 Å². The molecule has 0 atom stereocenters. The molecule has 0 radical (unpaired) electrons. The first-order chi connectivity index (χ1) is 10.5. The fraction of sp³-hybridized carbons (Fsp3) is 0.438. The van der Waals surface area contributed by atoms with Gasteiger partial charge in [0.05, 0.1) is 4.88 Å². The van der Waals surface area contributed by atoms with Crippen LogP contribution in [0.2, 0.25) is 0 Å². The Morgan fingerprint density at radius 2 is 1.82 bits per heavy atom. The van der Waals surface area contributed by atoms with E-state index in [4.69, 9.17) is 0 Å². The average molecular weight is 316 g/mol. The molecule has 3 rings (SSSR count). The van der Waals surface area contributed by atoms with Gasteiger partial charge in [-0.3, -0.25) is 4.79 Å². The lowest BCUT2D eigenvalue weighted by Crippen LogP contribution is -2.49. The Hall–Kier alpha value is -1.95. The van der Waals surface area contributed by atoms with Crippen molar-refractivity contribution in [2.45, 2.75) is 20.8 Å². The first kappa shape index (κ1) is 15.0. The van der Waals surface area contributed by atoms with Gasteiger partial charge >= 0.3 is 0 Å². The minimum Gasteiger partial charge on any atom is -0.353 e. The Kier molecular flexibility index (Phi) is 4.11. The number of hydrogen-bond acceptors (Lipinski definition) is 5. The number of carbonyl (C=O) groups is 1. The number of rotatable bonds is 2. The highest BCUT2D eigenvalue weighted by atomic mass is 32.1. The lowest BCUT2D eigenvalue weighted by molar-refractivity contribution is 0.0751. The molecule has 0 saturated carbocycles. The second-order valence-electron chi connectivity index (χ2n) is 5.60. The molecule has 5 nitrogen and oxygen atoms in total. The van der Waals surface area contributed by atoms with Crippen molar-refractivity contribution >= 4 is 23.1 Å². The van der Waals surface area contributed by atoms with E-state index in [-0.39, 0.29) is 5.91 Å². The Morgan fingerprint density at radius 3 is 2.41 bits per heavy atom. The second kappa shape index (κ2) is 6.04. The van der Waals surface area contributed by atoms with E-state index in [1.165, 1.54) is 4.88 Å². The first-order valence-corrected chi connectivity index (χ1v) is 8.27. The molecule has 3 heterocycles. The maximum absolute atomic E-state index is 12.5. The molecule has 0 unspecified atom stereocenters. The number of aromatic nitrogens is 2. The summed E-state index contributed by atoms with van der Waals surface area (Å²) in [6.45, 7) is 9.01. The number of amides is 1. The summed E-state index contributed by atoms with van der Waals surface area (Å²) in [5.41, 5.74) is 0.982. The van der Waals surface area contributed by atoms with E-state index < -0.39 is 0 Å². The van der Waals surface area contributed by atoms with Gasteiger partial charge in [-0.15, -0.1) is 11.3 Å². The number of thiophene rings is 1. The van der Waals surface area contributed by atoms with Crippen LogP contribution in [0.5, 0.6) is 0 Å². The lowest BCUT2D eigenvalue weighted by Gasteiger charge is -2.35. The Bertz CT molecular complexity index is 669. The number of nitrogens with zero attached hydrogens (tertiary/aromatic N) is 4. The molecule has 2 aromatic heterocycles. The highest BCUT2D eigenvalue weighted by Gasteiger charge is 2.23. The van der Waals surface area contributed by atoms with Crippen LogP contribution < -0.4 is 4.90 Å². The molecular weight excluding hydrogens is 296 g/mol. The van der Waals surface area contributed by atoms with Gasteiger partial charge in [0.25, 0.3) is 5.91 Å². The summed E-state index contributed by atoms with van der Waals surface area (Å²) in [7, 11) is 0. The van der Waals surface area contributed by atoms with Gasteiger partial charge in [-0.25, -0.2) is 9.97 Å². The summed E-state index contributed by atoms with van der Waals surface area (Å²) >= 11 is 1.57. The van der Waals surface area contributed by atoms with Crippen LogP contribution in [0.3, 0.4) is 0 Å². The quantitative estimate of drug-likeness (QED) is 0.854. The molecule has 1 aliphatic heterocycles. The molecule has 0 aliphatic carbocycles. The predicted molar refractivity (Wildman–Crippen MR) is 88.7 cm³/mol. The van der Waals surface area contributed by atoms with E-state index in [9.17, 15) is 4.79 Å². The fourth-order valence-electron chi connectivity index (χ4n) is 2.70. The maximum atomic E-state index is 12.5. The van der Waals surface area contributed by atoms with E-state index in [2.05, 4.69) is 14.9 Å². The van der Waals surface area contributed by atoms with E-state index in [0.717, 1.165) is 48.4 Å².